The van der Waals surface area contributed by atoms with Gasteiger partial charge in [-0.1, -0.05) is 0 Å². The van der Waals surface area contributed by atoms with Crippen LogP contribution >= 0.6 is 0 Å². The van der Waals surface area contributed by atoms with Crippen molar-refractivity contribution in [3.8, 4) is 0 Å². The van der Waals surface area contributed by atoms with E-state index in [2.05, 4.69) is 9.98 Å². The minimum Gasteiger partial charge on any atom is -0.284 e. The van der Waals surface area contributed by atoms with E-state index < -0.39 is 0 Å². The zero-order chi connectivity index (χ0) is 6.69. The quantitative estimate of drug-likeness (QED) is 0.464. The first kappa shape index (κ1) is 6.20. The highest BCUT2D eigenvalue weighted by Crippen LogP contribution is 1.96. The molecule has 0 saturated carbocycles. The molecule has 2 nitrogen and oxygen atoms in total. The highest BCUT2D eigenvalue weighted by Gasteiger charge is 2.00. The first-order chi connectivity index (χ1) is 4.30. The molecular formula is C7H10N2. The van der Waals surface area contributed by atoms with Gasteiger partial charge in [0.15, 0.2) is 0 Å². The summed E-state index contributed by atoms with van der Waals surface area (Å²) in [5, 5.41) is 0. The molecule has 1 aliphatic heterocycles. The molecule has 0 spiro atoms. The van der Waals surface area contributed by atoms with E-state index in [-0.39, 0.29) is 6.04 Å². The Kier molecular flexibility index (Phi) is 1.78. The Bertz CT molecular complexity index is 177. The van der Waals surface area contributed by atoms with Crippen molar-refractivity contribution in [1.82, 2.24) is 0 Å². The molecule has 0 amide bonds. The summed E-state index contributed by atoms with van der Waals surface area (Å²) in [6.45, 7) is 4.01. The van der Waals surface area contributed by atoms with Gasteiger partial charge in [-0.05, 0) is 19.9 Å². The van der Waals surface area contributed by atoms with Gasteiger partial charge in [0.2, 0.25) is 0 Å². The van der Waals surface area contributed by atoms with Crippen LogP contribution in [0.1, 0.15) is 13.8 Å². The predicted molar refractivity (Wildman–Crippen MR) is 40.2 cm³/mol. The lowest BCUT2D eigenvalue weighted by atomic mass is 10.2. The molecule has 0 aliphatic carbocycles. The van der Waals surface area contributed by atoms with Gasteiger partial charge in [0.25, 0.3) is 0 Å². The maximum atomic E-state index is 4.16. The summed E-state index contributed by atoms with van der Waals surface area (Å²) in [4.78, 5) is 8.28. The lowest BCUT2D eigenvalue weighted by Crippen LogP contribution is -2.08. The topological polar surface area (TPSA) is 24.7 Å². The Balaban J connectivity index is 2.80. The fourth-order valence-corrected chi connectivity index (χ4v) is 0.594. The number of rotatable bonds is 0. The van der Waals surface area contributed by atoms with Crippen LogP contribution in [0.5, 0.6) is 0 Å². The molecule has 48 valence electrons. The standard InChI is InChI=1S/C7H10N2/c1-6-7(2)9-5-3-4-8-6/h3-6H,1-2H3. The van der Waals surface area contributed by atoms with Gasteiger partial charge >= 0.3 is 0 Å². The van der Waals surface area contributed by atoms with Gasteiger partial charge in [-0.15, -0.1) is 0 Å². The van der Waals surface area contributed by atoms with E-state index in [1.54, 1.807) is 12.4 Å². The molecule has 0 radical (unpaired) electrons. The second kappa shape index (κ2) is 2.58. The molecule has 1 heterocycles. The highest BCUT2D eigenvalue weighted by atomic mass is 14.8. The fraction of sp³-hybridized carbons (Fsp3) is 0.429. The minimum absolute atomic E-state index is 0.250. The van der Waals surface area contributed by atoms with Gasteiger partial charge in [-0.2, -0.15) is 0 Å². The molecule has 0 fully saturated rings. The first-order valence-corrected chi connectivity index (χ1v) is 3.03. The highest BCUT2D eigenvalue weighted by molar-refractivity contribution is 5.90. The zero-order valence-corrected chi connectivity index (χ0v) is 5.70. The van der Waals surface area contributed by atoms with Crippen LogP contribution in [0.15, 0.2) is 22.3 Å². The monoisotopic (exact) mass is 122 g/mol. The van der Waals surface area contributed by atoms with Crippen LogP contribution in [0.2, 0.25) is 0 Å². The molecule has 9 heavy (non-hydrogen) atoms. The van der Waals surface area contributed by atoms with E-state index in [4.69, 9.17) is 0 Å². The van der Waals surface area contributed by atoms with Crippen molar-refractivity contribution >= 4 is 11.9 Å². The smallest absolute Gasteiger partial charge is 0.0849 e. The summed E-state index contributed by atoms with van der Waals surface area (Å²) in [7, 11) is 0. The molecule has 0 N–H and O–H groups in total. The third-order valence-electron chi connectivity index (χ3n) is 1.36. The van der Waals surface area contributed by atoms with E-state index in [1.165, 1.54) is 0 Å². The van der Waals surface area contributed by atoms with E-state index in [9.17, 15) is 0 Å². The first-order valence-electron chi connectivity index (χ1n) is 3.03. The van der Waals surface area contributed by atoms with Crippen LogP contribution in [0.3, 0.4) is 0 Å². The van der Waals surface area contributed by atoms with E-state index in [1.807, 2.05) is 19.9 Å². The normalized spacial score (nSPS) is 25.6. The van der Waals surface area contributed by atoms with Crippen LogP contribution in [0, 0.1) is 0 Å². The van der Waals surface area contributed by atoms with Gasteiger partial charge < -0.3 is 0 Å². The molecule has 0 saturated heterocycles. The third-order valence-corrected chi connectivity index (χ3v) is 1.36. The molecule has 0 bridgehead atoms. The average Bonchev–Trinajstić information content (AvgIpc) is 1.99. The maximum absolute atomic E-state index is 4.16. The zero-order valence-electron chi connectivity index (χ0n) is 5.70. The lowest BCUT2D eigenvalue weighted by molar-refractivity contribution is 0.977. The van der Waals surface area contributed by atoms with Crippen molar-refractivity contribution in [2.45, 2.75) is 19.9 Å². The van der Waals surface area contributed by atoms with Crippen molar-refractivity contribution in [1.29, 1.82) is 0 Å². The summed E-state index contributed by atoms with van der Waals surface area (Å²) in [5.41, 5.74) is 1.07. The number of allylic oxidation sites excluding steroid dienone is 1. The Morgan fingerprint density at radius 2 is 2.33 bits per heavy atom. The van der Waals surface area contributed by atoms with Crippen molar-refractivity contribution < 1.29 is 0 Å². The molecule has 1 aliphatic rings. The van der Waals surface area contributed by atoms with Gasteiger partial charge in [-0.25, -0.2) is 0 Å². The van der Waals surface area contributed by atoms with E-state index in [0.717, 1.165) is 5.71 Å². The third kappa shape index (κ3) is 1.49. The van der Waals surface area contributed by atoms with Crippen molar-refractivity contribution in [3.63, 3.8) is 0 Å². The van der Waals surface area contributed by atoms with Crippen LogP contribution in [-0.4, -0.2) is 18.0 Å². The van der Waals surface area contributed by atoms with Crippen LogP contribution in [0.4, 0.5) is 0 Å². The van der Waals surface area contributed by atoms with Gasteiger partial charge in [0.1, 0.15) is 0 Å². The summed E-state index contributed by atoms with van der Waals surface area (Å²) >= 11 is 0. The Morgan fingerprint density at radius 1 is 1.56 bits per heavy atom. The fourth-order valence-electron chi connectivity index (χ4n) is 0.594. The minimum atomic E-state index is 0.250. The van der Waals surface area contributed by atoms with E-state index in [0.29, 0.717) is 0 Å². The molecule has 0 aromatic heterocycles. The summed E-state index contributed by atoms with van der Waals surface area (Å²) in [6, 6.07) is 0.250. The van der Waals surface area contributed by atoms with Gasteiger partial charge in [-0.3, -0.25) is 9.98 Å². The Labute approximate surface area is 55.0 Å². The molecule has 1 unspecified atom stereocenters. The Hall–Kier alpha value is -0.920. The molecule has 1 atom stereocenters. The van der Waals surface area contributed by atoms with Crippen LogP contribution in [-0.2, 0) is 0 Å². The predicted octanol–water partition coefficient (Wildman–Crippen LogP) is 1.43. The van der Waals surface area contributed by atoms with Gasteiger partial charge in [0.05, 0.1) is 6.04 Å². The SMILES string of the molecule is CC1=NC=CC=NC1C. The van der Waals surface area contributed by atoms with Crippen molar-refractivity contribution in [3.05, 3.63) is 12.3 Å². The summed E-state index contributed by atoms with van der Waals surface area (Å²) < 4.78 is 0. The maximum Gasteiger partial charge on any atom is 0.0849 e. The van der Waals surface area contributed by atoms with Crippen molar-refractivity contribution in [2.24, 2.45) is 9.98 Å². The molecule has 1 rings (SSSR count). The molecular weight excluding hydrogens is 112 g/mol. The molecule has 0 aromatic rings. The number of aliphatic imine (C=N–C) groups is 2. The summed E-state index contributed by atoms with van der Waals surface area (Å²) in [5.74, 6) is 0. The van der Waals surface area contributed by atoms with E-state index >= 15 is 0 Å². The number of hydrogen-bond donors (Lipinski definition) is 0. The average molecular weight is 122 g/mol. The molecule has 2 heteroatoms. The summed E-state index contributed by atoms with van der Waals surface area (Å²) in [6.07, 6.45) is 5.39. The number of nitrogens with zero attached hydrogens (tertiary/aromatic N) is 2. The second-order valence-electron chi connectivity index (χ2n) is 2.09. The molecule has 0 aromatic carbocycles. The largest absolute Gasteiger partial charge is 0.284 e. The van der Waals surface area contributed by atoms with Crippen molar-refractivity contribution in [2.75, 3.05) is 0 Å². The second-order valence-corrected chi connectivity index (χ2v) is 2.09. The number of hydrogen-bond acceptors (Lipinski definition) is 2. The van der Waals surface area contributed by atoms with Gasteiger partial charge in [0, 0.05) is 18.1 Å². The lowest BCUT2D eigenvalue weighted by Gasteiger charge is -2.00. The Morgan fingerprint density at radius 3 is 3.11 bits per heavy atom. The van der Waals surface area contributed by atoms with Crippen LogP contribution < -0.4 is 0 Å². The van der Waals surface area contributed by atoms with Crippen LogP contribution in [0.25, 0.3) is 0 Å².